The summed E-state index contributed by atoms with van der Waals surface area (Å²) in [7, 11) is 2.54. The third kappa shape index (κ3) is 7.74. The Morgan fingerprint density at radius 1 is 1.00 bits per heavy atom. The molecule has 2 aromatic carbocycles. The van der Waals surface area contributed by atoms with Crippen molar-refractivity contribution in [3.8, 4) is 0 Å². The normalized spacial score (nSPS) is 11.3. The van der Waals surface area contributed by atoms with Crippen molar-refractivity contribution in [3.05, 3.63) is 72.3 Å². The average Bonchev–Trinajstić information content (AvgIpc) is 2.46. The van der Waals surface area contributed by atoms with E-state index in [0.717, 1.165) is 16.6 Å². The van der Waals surface area contributed by atoms with E-state index in [1.807, 2.05) is 0 Å². The smallest absolute Gasteiger partial charge is 0.294 e. The van der Waals surface area contributed by atoms with Crippen LogP contribution >= 0.6 is 0 Å². The van der Waals surface area contributed by atoms with Gasteiger partial charge in [0.25, 0.3) is 10.1 Å². The lowest BCUT2D eigenvalue weighted by Crippen LogP contribution is -2.33. The van der Waals surface area contributed by atoms with Crippen molar-refractivity contribution in [3.63, 3.8) is 0 Å². The average molecular weight is 334 g/mol. The van der Waals surface area contributed by atoms with Gasteiger partial charge in [-0.25, -0.2) is 0 Å². The van der Waals surface area contributed by atoms with Crippen LogP contribution in [0.3, 0.4) is 0 Å². The maximum Gasteiger partial charge on any atom is 0.294 e. The second-order valence-electron chi connectivity index (χ2n) is 6.18. The summed E-state index contributed by atoms with van der Waals surface area (Å²) in [6.07, 6.45) is 1.59. The van der Waals surface area contributed by atoms with Gasteiger partial charge < -0.3 is 4.48 Å². The maximum atomic E-state index is 10.6. The Balaban J connectivity index is 0.000000231. The summed E-state index contributed by atoms with van der Waals surface area (Å²) in [6.45, 7) is 4.61. The minimum Gasteiger partial charge on any atom is -0.327 e. The molecule has 0 aromatic heterocycles. The molecule has 0 saturated heterocycles. The third-order valence-corrected chi connectivity index (χ3v) is 3.78. The third-order valence-electron chi connectivity index (χ3n) is 2.91. The van der Waals surface area contributed by atoms with E-state index in [4.69, 9.17) is 4.55 Å². The predicted octanol–water partition coefficient (Wildman–Crippen LogP) is 3.47. The number of quaternary nitrogens is 1. The van der Waals surface area contributed by atoms with Gasteiger partial charge in [0.1, 0.15) is 6.54 Å². The second kappa shape index (κ2) is 8.06. The fourth-order valence-corrected chi connectivity index (χ4v) is 2.39. The lowest BCUT2D eigenvalue weighted by molar-refractivity contribution is -0.884. The summed E-state index contributed by atoms with van der Waals surface area (Å²) in [4.78, 5) is -0.104. The molecule has 0 radical (unpaired) electrons. The van der Waals surface area contributed by atoms with Gasteiger partial charge in [-0.2, -0.15) is 8.42 Å². The van der Waals surface area contributed by atoms with Crippen LogP contribution < -0.4 is 0 Å². The summed E-state index contributed by atoms with van der Waals surface area (Å²) in [5.41, 5.74) is 2.21. The molecule has 0 amide bonds. The van der Waals surface area contributed by atoms with Gasteiger partial charge in [0.2, 0.25) is 0 Å². The molecular weight excluding hydrogens is 310 g/mol. The first kappa shape index (κ1) is 19.1. The molecule has 0 heterocycles. The van der Waals surface area contributed by atoms with Gasteiger partial charge in [-0.1, -0.05) is 55.1 Å². The van der Waals surface area contributed by atoms with Crippen molar-refractivity contribution in [1.29, 1.82) is 0 Å². The minimum atomic E-state index is -4.06. The molecule has 1 N–H and O–H groups in total. The molecule has 23 heavy (non-hydrogen) atoms. The molecule has 0 bridgehead atoms. The van der Waals surface area contributed by atoms with Crippen LogP contribution in [0.15, 0.2) is 66.1 Å². The number of hydrogen-bond acceptors (Lipinski definition) is 2. The Labute approximate surface area is 139 Å². The molecule has 2 rings (SSSR count). The van der Waals surface area contributed by atoms with Gasteiger partial charge >= 0.3 is 0 Å². The summed E-state index contributed by atoms with van der Waals surface area (Å²) < 4.78 is 30.7. The lowest BCUT2D eigenvalue weighted by atomic mass is 10.2. The number of hydrogen-bond donors (Lipinski definition) is 1. The quantitative estimate of drug-likeness (QED) is 0.688. The molecular formula is C18H24NO3S+. The van der Waals surface area contributed by atoms with Crippen LogP contribution in [0.4, 0.5) is 0 Å². The van der Waals surface area contributed by atoms with Crippen LogP contribution in [-0.4, -0.2) is 38.6 Å². The topological polar surface area (TPSA) is 54.4 Å². The van der Waals surface area contributed by atoms with E-state index in [2.05, 4.69) is 58.1 Å². The molecule has 5 heteroatoms. The molecule has 0 spiro atoms. The number of benzene rings is 2. The fourth-order valence-electron chi connectivity index (χ4n) is 1.91. The zero-order valence-corrected chi connectivity index (χ0v) is 14.6. The Morgan fingerprint density at radius 3 is 1.91 bits per heavy atom. The zero-order valence-electron chi connectivity index (χ0n) is 13.8. The van der Waals surface area contributed by atoms with Crippen molar-refractivity contribution < 1.29 is 17.5 Å². The Kier molecular flexibility index (Phi) is 6.69. The zero-order chi connectivity index (χ0) is 17.5. The van der Waals surface area contributed by atoms with E-state index in [-0.39, 0.29) is 4.90 Å². The molecule has 0 aliphatic rings. The highest BCUT2D eigenvalue weighted by molar-refractivity contribution is 7.85. The van der Waals surface area contributed by atoms with Crippen molar-refractivity contribution in [1.82, 2.24) is 0 Å². The van der Waals surface area contributed by atoms with Crippen LogP contribution in [-0.2, 0) is 16.7 Å². The van der Waals surface area contributed by atoms with Crippen LogP contribution in [0.1, 0.15) is 11.1 Å². The van der Waals surface area contributed by atoms with Crippen LogP contribution in [0.25, 0.3) is 6.08 Å². The first-order valence-electron chi connectivity index (χ1n) is 7.16. The van der Waals surface area contributed by atoms with Gasteiger partial charge in [0.05, 0.1) is 26.0 Å². The van der Waals surface area contributed by atoms with Crippen molar-refractivity contribution in [2.45, 2.75) is 11.4 Å². The SMILES string of the molecule is C=Cc1ccc(S(=O)(=O)O)cc1.C[N+](C)(C)Cc1ccccc1. The Bertz CT molecular complexity index is 715. The van der Waals surface area contributed by atoms with Gasteiger partial charge in [0.15, 0.2) is 0 Å². The molecule has 0 aliphatic heterocycles. The van der Waals surface area contributed by atoms with E-state index in [9.17, 15) is 8.42 Å². The van der Waals surface area contributed by atoms with Crippen LogP contribution in [0.2, 0.25) is 0 Å². The molecule has 0 unspecified atom stereocenters. The van der Waals surface area contributed by atoms with Gasteiger partial charge in [-0.3, -0.25) is 4.55 Å². The van der Waals surface area contributed by atoms with E-state index in [0.29, 0.717) is 0 Å². The first-order chi connectivity index (χ1) is 10.6. The number of rotatable bonds is 4. The fraction of sp³-hybridized carbons (Fsp3) is 0.222. The van der Waals surface area contributed by atoms with Crippen molar-refractivity contribution in [2.24, 2.45) is 0 Å². The van der Waals surface area contributed by atoms with Crippen LogP contribution in [0.5, 0.6) is 0 Å². The van der Waals surface area contributed by atoms with Crippen molar-refractivity contribution >= 4 is 16.2 Å². The maximum absolute atomic E-state index is 10.6. The largest absolute Gasteiger partial charge is 0.327 e. The summed E-state index contributed by atoms with van der Waals surface area (Å²) in [5, 5.41) is 0. The highest BCUT2D eigenvalue weighted by atomic mass is 32.2. The van der Waals surface area contributed by atoms with Gasteiger partial charge in [-0.15, -0.1) is 0 Å². The van der Waals surface area contributed by atoms with Crippen molar-refractivity contribution in [2.75, 3.05) is 21.1 Å². The van der Waals surface area contributed by atoms with Gasteiger partial charge in [0, 0.05) is 5.56 Å². The van der Waals surface area contributed by atoms with E-state index in [1.165, 1.54) is 17.7 Å². The molecule has 0 fully saturated rings. The predicted molar refractivity (Wildman–Crippen MR) is 94.5 cm³/mol. The Morgan fingerprint density at radius 2 is 1.52 bits per heavy atom. The lowest BCUT2D eigenvalue weighted by Gasteiger charge is -2.23. The molecule has 2 aromatic rings. The number of nitrogens with zero attached hydrogens (tertiary/aromatic N) is 1. The molecule has 0 saturated carbocycles. The summed E-state index contributed by atoms with van der Waals surface area (Å²) in [5.74, 6) is 0. The standard InChI is InChI=1S/C10H16N.C8H8O3S/c1-11(2,3)9-10-7-5-4-6-8-10;1-2-7-3-5-8(6-4-7)12(9,10)11/h4-8H,9H2,1-3H3;2-6H,1H2,(H,9,10,11)/q+1;. The van der Waals surface area contributed by atoms with Crippen LogP contribution in [0, 0.1) is 0 Å². The Hall–Kier alpha value is -1.95. The monoisotopic (exact) mass is 334 g/mol. The highest BCUT2D eigenvalue weighted by Crippen LogP contribution is 2.10. The van der Waals surface area contributed by atoms with E-state index < -0.39 is 10.1 Å². The van der Waals surface area contributed by atoms with E-state index in [1.54, 1.807) is 18.2 Å². The molecule has 0 atom stereocenters. The summed E-state index contributed by atoms with van der Waals surface area (Å²) >= 11 is 0. The highest BCUT2D eigenvalue weighted by Gasteiger charge is 2.07. The first-order valence-corrected chi connectivity index (χ1v) is 8.60. The second-order valence-corrected chi connectivity index (χ2v) is 7.60. The van der Waals surface area contributed by atoms with E-state index >= 15 is 0 Å². The minimum absolute atomic E-state index is 0.104. The van der Waals surface area contributed by atoms with Gasteiger partial charge in [-0.05, 0) is 17.7 Å². The molecule has 124 valence electrons. The molecule has 0 aliphatic carbocycles. The summed E-state index contributed by atoms with van der Waals surface area (Å²) in [6, 6.07) is 16.4. The molecule has 4 nitrogen and oxygen atoms in total.